The molecule has 16 heavy (non-hydrogen) atoms. The summed E-state index contributed by atoms with van der Waals surface area (Å²) in [5.74, 6) is 1.75. The second-order valence-electron chi connectivity index (χ2n) is 3.48. The molecular weight excluding hydrogens is 222 g/mol. The molecule has 0 aromatic carbocycles. The number of esters is 1. The molecule has 0 spiro atoms. The van der Waals surface area contributed by atoms with Gasteiger partial charge in [0.15, 0.2) is 0 Å². The van der Waals surface area contributed by atoms with Crippen molar-refractivity contribution in [2.24, 2.45) is 0 Å². The van der Waals surface area contributed by atoms with Crippen LogP contribution in [0.15, 0.2) is 11.6 Å². The Hall–Kier alpha value is -0.480. The van der Waals surface area contributed by atoms with Gasteiger partial charge in [-0.05, 0) is 20.0 Å². The first-order chi connectivity index (χ1) is 7.65. The van der Waals surface area contributed by atoms with E-state index in [1.165, 1.54) is 7.11 Å². The maximum absolute atomic E-state index is 11.1. The number of ether oxygens (including phenoxy) is 1. The SMILES string of the molecule is CCN(CC)CCSCC=C(C)C(=O)OC. The van der Waals surface area contributed by atoms with Crippen molar-refractivity contribution in [3.8, 4) is 0 Å². The van der Waals surface area contributed by atoms with Gasteiger partial charge in [0.25, 0.3) is 0 Å². The van der Waals surface area contributed by atoms with Gasteiger partial charge in [-0.15, -0.1) is 0 Å². The molecule has 0 fully saturated rings. The number of hydrogen-bond acceptors (Lipinski definition) is 4. The molecular formula is C12H23NO2S. The number of thioether (sulfide) groups is 1. The van der Waals surface area contributed by atoms with E-state index >= 15 is 0 Å². The average molecular weight is 245 g/mol. The molecule has 0 aromatic rings. The zero-order valence-electron chi connectivity index (χ0n) is 10.8. The number of methoxy groups -OCH3 is 1. The van der Waals surface area contributed by atoms with Crippen LogP contribution < -0.4 is 0 Å². The Kier molecular flexibility index (Phi) is 9.43. The maximum atomic E-state index is 11.1. The zero-order chi connectivity index (χ0) is 12.4. The fraction of sp³-hybridized carbons (Fsp3) is 0.750. The summed E-state index contributed by atoms with van der Waals surface area (Å²) in [6.45, 7) is 9.46. The molecule has 0 saturated carbocycles. The lowest BCUT2D eigenvalue weighted by Gasteiger charge is -2.16. The van der Waals surface area contributed by atoms with Gasteiger partial charge >= 0.3 is 5.97 Å². The van der Waals surface area contributed by atoms with Gasteiger partial charge < -0.3 is 9.64 Å². The van der Waals surface area contributed by atoms with Crippen LogP contribution in [0.1, 0.15) is 20.8 Å². The van der Waals surface area contributed by atoms with Gasteiger partial charge in [0.1, 0.15) is 0 Å². The Labute approximate surface area is 103 Å². The molecule has 3 nitrogen and oxygen atoms in total. The smallest absolute Gasteiger partial charge is 0.333 e. The highest BCUT2D eigenvalue weighted by molar-refractivity contribution is 7.99. The molecule has 0 heterocycles. The highest BCUT2D eigenvalue weighted by atomic mass is 32.2. The predicted molar refractivity (Wildman–Crippen MR) is 70.9 cm³/mol. The van der Waals surface area contributed by atoms with E-state index in [0.29, 0.717) is 5.57 Å². The fourth-order valence-electron chi connectivity index (χ4n) is 1.25. The highest BCUT2D eigenvalue weighted by Gasteiger charge is 2.02. The van der Waals surface area contributed by atoms with E-state index in [-0.39, 0.29) is 5.97 Å². The lowest BCUT2D eigenvalue weighted by atomic mass is 10.3. The van der Waals surface area contributed by atoms with E-state index in [2.05, 4.69) is 23.5 Å². The van der Waals surface area contributed by atoms with Crippen LogP contribution in [0.25, 0.3) is 0 Å². The molecule has 0 unspecified atom stereocenters. The third kappa shape index (κ3) is 6.90. The van der Waals surface area contributed by atoms with Crippen molar-refractivity contribution >= 4 is 17.7 Å². The van der Waals surface area contributed by atoms with Crippen molar-refractivity contribution in [3.63, 3.8) is 0 Å². The second-order valence-corrected chi connectivity index (χ2v) is 4.63. The van der Waals surface area contributed by atoms with Crippen molar-refractivity contribution in [2.45, 2.75) is 20.8 Å². The zero-order valence-corrected chi connectivity index (χ0v) is 11.6. The van der Waals surface area contributed by atoms with Crippen molar-refractivity contribution in [2.75, 3.05) is 38.2 Å². The van der Waals surface area contributed by atoms with Gasteiger partial charge in [0.05, 0.1) is 7.11 Å². The monoisotopic (exact) mass is 245 g/mol. The lowest BCUT2D eigenvalue weighted by Crippen LogP contribution is -2.25. The van der Waals surface area contributed by atoms with E-state index in [4.69, 9.17) is 0 Å². The van der Waals surface area contributed by atoms with Crippen LogP contribution in [0.5, 0.6) is 0 Å². The van der Waals surface area contributed by atoms with E-state index < -0.39 is 0 Å². The van der Waals surface area contributed by atoms with Crippen LogP contribution in [0.2, 0.25) is 0 Å². The molecule has 0 aromatic heterocycles. The molecule has 0 rings (SSSR count). The summed E-state index contributed by atoms with van der Waals surface area (Å²) in [7, 11) is 1.41. The summed E-state index contributed by atoms with van der Waals surface area (Å²) in [6, 6.07) is 0. The third-order valence-electron chi connectivity index (χ3n) is 2.46. The summed E-state index contributed by atoms with van der Waals surface area (Å²) in [5.41, 5.74) is 0.692. The first-order valence-electron chi connectivity index (χ1n) is 5.70. The topological polar surface area (TPSA) is 29.5 Å². The number of carbonyl (C=O) groups excluding carboxylic acids is 1. The van der Waals surface area contributed by atoms with Gasteiger partial charge in [0, 0.05) is 23.6 Å². The van der Waals surface area contributed by atoms with Crippen molar-refractivity contribution in [1.82, 2.24) is 4.90 Å². The van der Waals surface area contributed by atoms with E-state index in [1.807, 2.05) is 17.8 Å². The van der Waals surface area contributed by atoms with Crippen molar-refractivity contribution < 1.29 is 9.53 Å². The second kappa shape index (κ2) is 9.73. The fourth-order valence-corrected chi connectivity index (χ4v) is 2.17. The van der Waals surface area contributed by atoms with E-state index in [1.54, 1.807) is 6.92 Å². The number of hydrogen-bond donors (Lipinski definition) is 0. The summed E-state index contributed by atoms with van der Waals surface area (Å²) in [6.07, 6.45) is 1.93. The number of rotatable bonds is 8. The molecule has 4 heteroatoms. The minimum Gasteiger partial charge on any atom is -0.466 e. The normalized spacial score (nSPS) is 11.9. The summed E-state index contributed by atoms with van der Waals surface area (Å²) >= 11 is 1.84. The third-order valence-corrected chi connectivity index (χ3v) is 3.33. The van der Waals surface area contributed by atoms with Crippen LogP contribution in [-0.4, -0.2) is 49.1 Å². The molecule has 0 aliphatic carbocycles. The molecule has 0 aliphatic heterocycles. The quantitative estimate of drug-likeness (QED) is 0.372. The van der Waals surface area contributed by atoms with Gasteiger partial charge in [-0.25, -0.2) is 4.79 Å². The summed E-state index contributed by atoms with van der Waals surface area (Å²) in [5, 5.41) is 0. The molecule has 0 atom stereocenters. The summed E-state index contributed by atoms with van der Waals surface area (Å²) in [4.78, 5) is 13.5. The molecule has 0 aliphatic rings. The van der Waals surface area contributed by atoms with Crippen LogP contribution in [0.3, 0.4) is 0 Å². The Morgan fingerprint density at radius 1 is 1.38 bits per heavy atom. The van der Waals surface area contributed by atoms with Gasteiger partial charge in [0.2, 0.25) is 0 Å². The van der Waals surface area contributed by atoms with Crippen molar-refractivity contribution in [1.29, 1.82) is 0 Å². The Balaban J connectivity index is 3.63. The highest BCUT2D eigenvalue weighted by Crippen LogP contribution is 2.05. The molecule has 0 saturated heterocycles. The summed E-state index contributed by atoms with van der Waals surface area (Å²) < 4.78 is 4.62. The molecule has 0 N–H and O–H groups in total. The van der Waals surface area contributed by atoms with Crippen LogP contribution in [0.4, 0.5) is 0 Å². The van der Waals surface area contributed by atoms with Gasteiger partial charge in [-0.1, -0.05) is 19.9 Å². The molecule has 94 valence electrons. The standard InChI is InChI=1S/C12H23NO2S/c1-5-13(6-2)8-10-16-9-7-11(3)12(14)15-4/h7H,5-6,8-10H2,1-4H3. The van der Waals surface area contributed by atoms with Crippen LogP contribution in [0, 0.1) is 0 Å². The molecule has 0 bridgehead atoms. The first kappa shape index (κ1) is 15.5. The van der Waals surface area contributed by atoms with Gasteiger partial charge in [-0.2, -0.15) is 11.8 Å². The number of nitrogens with zero attached hydrogens (tertiary/aromatic N) is 1. The lowest BCUT2D eigenvalue weighted by molar-refractivity contribution is -0.136. The van der Waals surface area contributed by atoms with Crippen molar-refractivity contribution in [3.05, 3.63) is 11.6 Å². The predicted octanol–water partition coefficient (Wildman–Crippen LogP) is 2.18. The minimum absolute atomic E-state index is 0.232. The maximum Gasteiger partial charge on any atom is 0.333 e. The Bertz CT molecular complexity index is 225. The van der Waals surface area contributed by atoms with E-state index in [9.17, 15) is 4.79 Å². The number of carbonyl (C=O) groups is 1. The molecule has 0 amide bonds. The van der Waals surface area contributed by atoms with E-state index in [0.717, 1.165) is 31.1 Å². The Morgan fingerprint density at radius 2 is 2.00 bits per heavy atom. The van der Waals surface area contributed by atoms with Crippen LogP contribution >= 0.6 is 11.8 Å². The largest absolute Gasteiger partial charge is 0.466 e. The minimum atomic E-state index is -0.232. The first-order valence-corrected chi connectivity index (χ1v) is 6.86. The average Bonchev–Trinajstić information content (AvgIpc) is 2.32. The van der Waals surface area contributed by atoms with Gasteiger partial charge in [-0.3, -0.25) is 0 Å². The van der Waals surface area contributed by atoms with Crippen LogP contribution in [-0.2, 0) is 9.53 Å². The molecule has 0 radical (unpaired) electrons. The Morgan fingerprint density at radius 3 is 2.50 bits per heavy atom.